The largest absolute Gasteiger partial charge is 0.317 e. The Bertz CT molecular complexity index is 153. The van der Waals surface area contributed by atoms with E-state index in [9.17, 15) is 0 Å². The van der Waals surface area contributed by atoms with E-state index in [1.807, 2.05) is 0 Å². The summed E-state index contributed by atoms with van der Waals surface area (Å²) in [5.74, 6) is 2.67. The summed E-state index contributed by atoms with van der Waals surface area (Å²) in [7, 11) is 2.05. The lowest BCUT2D eigenvalue weighted by molar-refractivity contribution is 0.0630. The molecule has 1 rings (SSSR count). The highest BCUT2D eigenvalue weighted by Gasteiger charge is 2.38. The van der Waals surface area contributed by atoms with Gasteiger partial charge in [-0.2, -0.15) is 0 Å². The van der Waals surface area contributed by atoms with E-state index >= 15 is 0 Å². The molecule has 1 aliphatic rings. The second kappa shape index (κ2) is 4.08. The summed E-state index contributed by atoms with van der Waals surface area (Å²) in [5, 5.41) is 3.33. The van der Waals surface area contributed by atoms with Gasteiger partial charge in [-0.1, -0.05) is 13.0 Å². The quantitative estimate of drug-likeness (QED) is 0.634. The Balaban J connectivity index is 2.32. The van der Waals surface area contributed by atoms with Crippen molar-refractivity contribution in [3.63, 3.8) is 0 Å². The van der Waals surface area contributed by atoms with Crippen LogP contribution in [0, 0.1) is 17.8 Å². The molecule has 4 atom stereocenters. The molecule has 1 N–H and O–H groups in total. The van der Waals surface area contributed by atoms with Gasteiger partial charge in [0.2, 0.25) is 0 Å². The lowest BCUT2D eigenvalue weighted by Gasteiger charge is -2.45. The van der Waals surface area contributed by atoms with Crippen LogP contribution in [-0.2, 0) is 0 Å². The Morgan fingerprint density at radius 1 is 1.67 bits per heavy atom. The Morgan fingerprint density at radius 3 is 2.75 bits per heavy atom. The van der Waals surface area contributed by atoms with E-state index in [0.717, 1.165) is 17.8 Å². The molecule has 0 aromatic carbocycles. The first kappa shape index (κ1) is 9.79. The van der Waals surface area contributed by atoms with Crippen molar-refractivity contribution in [2.24, 2.45) is 17.8 Å². The van der Waals surface area contributed by atoms with Crippen molar-refractivity contribution in [1.29, 1.82) is 0 Å². The predicted octanol–water partition coefficient (Wildman–Crippen LogP) is 2.44. The van der Waals surface area contributed by atoms with E-state index in [1.165, 1.54) is 12.8 Å². The monoisotopic (exact) mass is 167 g/mol. The molecule has 1 aliphatic carbocycles. The summed E-state index contributed by atoms with van der Waals surface area (Å²) in [6, 6.07) is 0.682. The van der Waals surface area contributed by atoms with Gasteiger partial charge in [-0.15, -0.1) is 6.58 Å². The van der Waals surface area contributed by atoms with E-state index < -0.39 is 0 Å². The number of hydrogen-bond donors (Lipinski definition) is 1. The molecule has 0 saturated heterocycles. The van der Waals surface area contributed by atoms with Crippen LogP contribution in [-0.4, -0.2) is 13.1 Å². The maximum absolute atomic E-state index is 3.79. The minimum atomic E-state index is 0.682. The van der Waals surface area contributed by atoms with Crippen LogP contribution in [0.5, 0.6) is 0 Å². The average molecular weight is 167 g/mol. The highest BCUT2D eigenvalue weighted by Crippen LogP contribution is 2.43. The zero-order valence-electron chi connectivity index (χ0n) is 8.51. The SMILES string of the molecule is C=CCC1CC(C(C)NC)C1C. The van der Waals surface area contributed by atoms with E-state index in [0.29, 0.717) is 6.04 Å². The zero-order chi connectivity index (χ0) is 9.14. The molecule has 0 aromatic rings. The van der Waals surface area contributed by atoms with E-state index in [1.54, 1.807) is 0 Å². The van der Waals surface area contributed by atoms with Gasteiger partial charge in [-0.3, -0.25) is 0 Å². The zero-order valence-corrected chi connectivity index (χ0v) is 8.51. The van der Waals surface area contributed by atoms with Gasteiger partial charge in [0.1, 0.15) is 0 Å². The molecule has 0 amide bonds. The highest BCUT2D eigenvalue weighted by atomic mass is 14.9. The van der Waals surface area contributed by atoms with Crippen LogP contribution in [0.15, 0.2) is 12.7 Å². The number of hydrogen-bond acceptors (Lipinski definition) is 1. The van der Waals surface area contributed by atoms with Gasteiger partial charge >= 0.3 is 0 Å². The smallest absolute Gasteiger partial charge is 0.00667 e. The second-order valence-electron chi connectivity index (χ2n) is 4.12. The third kappa shape index (κ3) is 1.71. The summed E-state index contributed by atoms with van der Waals surface area (Å²) in [4.78, 5) is 0. The predicted molar refractivity (Wildman–Crippen MR) is 54.1 cm³/mol. The first-order valence-corrected chi connectivity index (χ1v) is 4.98. The molecular formula is C11H21N. The third-order valence-corrected chi connectivity index (χ3v) is 3.56. The lowest BCUT2D eigenvalue weighted by Crippen LogP contribution is -2.45. The molecule has 1 heteroatoms. The van der Waals surface area contributed by atoms with Gasteiger partial charge in [0.15, 0.2) is 0 Å². The average Bonchev–Trinajstić information content (AvgIpc) is 2.09. The first-order valence-electron chi connectivity index (χ1n) is 4.98. The number of nitrogens with one attached hydrogen (secondary N) is 1. The van der Waals surface area contributed by atoms with Gasteiger partial charge < -0.3 is 5.32 Å². The van der Waals surface area contributed by atoms with Crippen molar-refractivity contribution in [1.82, 2.24) is 5.32 Å². The van der Waals surface area contributed by atoms with Crippen molar-refractivity contribution in [3.8, 4) is 0 Å². The topological polar surface area (TPSA) is 12.0 Å². The summed E-state index contributed by atoms with van der Waals surface area (Å²) in [6.45, 7) is 8.45. The minimum absolute atomic E-state index is 0.682. The fraction of sp³-hybridized carbons (Fsp3) is 0.818. The molecule has 0 spiro atoms. The Morgan fingerprint density at radius 2 is 2.33 bits per heavy atom. The summed E-state index contributed by atoms with van der Waals surface area (Å²) >= 11 is 0. The van der Waals surface area contributed by atoms with Crippen molar-refractivity contribution in [2.45, 2.75) is 32.7 Å². The van der Waals surface area contributed by atoms with Gasteiger partial charge in [0.25, 0.3) is 0 Å². The maximum atomic E-state index is 3.79. The molecule has 0 bridgehead atoms. The van der Waals surface area contributed by atoms with Gasteiger partial charge in [0, 0.05) is 6.04 Å². The lowest BCUT2D eigenvalue weighted by atomic mass is 9.62. The molecule has 0 aliphatic heterocycles. The number of allylic oxidation sites excluding steroid dienone is 1. The number of rotatable bonds is 4. The van der Waals surface area contributed by atoms with Crippen LogP contribution < -0.4 is 5.32 Å². The third-order valence-electron chi connectivity index (χ3n) is 3.56. The first-order chi connectivity index (χ1) is 5.70. The molecule has 1 fully saturated rings. The van der Waals surface area contributed by atoms with E-state index in [2.05, 4.69) is 38.9 Å². The standard InChI is InChI=1S/C11H21N/c1-5-6-10-7-11(8(10)2)9(3)12-4/h5,8-12H,1,6-7H2,2-4H3. The van der Waals surface area contributed by atoms with Crippen LogP contribution in [0.25, 0.3) is 0 Å². The molecule has 70 valence electrons. The van der Waals surface area contributed by atoms with Gasteiger partial charge in [0.05, 0.1) is 0 Å². The van der Waals surface area contributed by atoms with Crippen LogP contribution >= 0.6 is 0 Å². The van der Waals surface area contributed by atoms with Crippen LogP contribution in [0.4, 0.5) is 0 Å². The molecule has 0 heterocycles. The summed E-state index contributed by atoms with van der Waals surface area (Å²) in [6.07, 6.45) is 4.64. The highest BCUT2D eigenvalue weighted by molar-refractivity contribution is 4.93. The molecule has 1 nitrogen and oxygen atoms in total. The molecule has 0 aromatic heterocycles. The fourth-order valence-electron chi connectivity index (χ4n) is 2.33. The van der Waals surface area contributed by atoms with E-state index in [-0.39, 0.29) is 0 Å². The normalized spacial score (nSPS) is 37.1. The van der Waals surface area contributed by atoms with Crippen LogP contribution in [0.3, 0.4) is 0 Å². The Labute approximate surface area is 76.2 Å². The summed E-state index contributed by atoms with van der Waals surface area (Å²) < 4.78 is 0. The Hall–Kier alpha value is -0.300. The Kier molecular flexibility index (Phi) is 3.33. The van der Waals surface area contributed by atoms with Crippen LogP contribution in [0.1, 0.15) is 26.7 Å². The second-order valence-corrected chi connectivity index (χ2v) is 4.12. The van der Waals surface area contributed by atoms with Crippen molar-refractivity contribution in [2.75, 3.05) is 7.05 Å². The molecular weight excluding hydrogens is 146 g/mol. The summed E-state index contributed by atoms with van der Waals surface area (Å²) in [5.41, 5.74) is 0. The molecule has 1 saturated carbocycles. The van der Waals surface area contributed by atoms with Crippen molar-refractivity contribution in [3.05, 3.63) is 12.7 Å². The van der Waals surface area contributed by atoms with Crippen molar-refractivity contribution >= 4 is 0 Å². The minimum Gasteiger partial charge on any atom is -0.317 e. The molecule has 4 unspecified atom stereocenters. The van der Waals surface area contributed by atoms with Gasteiger partial charge in [-0.25, -0.2) is 0 Å². The fourth-order valence-corrected chi connectivity index (χ4v) is 2.33. The molecule has 12 heavy (non-hydrogen) atoms. The van der Waals surface area contributed by atoms with E-state index in [4.69, 9.17) is 0 Å². The van der Waals surface area contributed by atoms with Crippen molar-refractivity contribution < 1.29 is 0 Å². The van der Waals surface area contributed by atoms with Crippen LogP contribution in [0.2, 0.25) is 0 Å². The molecule has 0 radical (unpaired) electrons. The maximum Gasteiger partial charge on any atom is 0.00667 e. The van der Waals surface area contributed by atoms with Gasteiger partial charge in [-0.05, 0) is 44.6 Å².